The molecule has 0 amide bonds. The average Bonchev–Trinajstić information content (AvgIpc) is 2.56. The molecule has 0 spiro atoms. The molecule has 23 heavy (non-hydrogen) atoms. The maximum absolute atomic E-state index is 13.7. The fraction of sp³-hybridized carbons (Fsp3) is 0.412. The molecule has 0 saturated carbocycles. The molecule has 0 aliphatic heterocycles. The van der Waals surface area contributed by atoms with E-state index in [1.165, 1.54) is 18.2 Å². The lowest BCUT2D eigenvalue weighted by Crippen LogP contribution is -2.15. The molecule has 0 radical (unpaired) electrons. The Morgan fingerprint density at radius 3 is 2.96 bits per heavy atom. The smallest absolute Gasteiger partial charge is 0.185 e. The van der Waals surface area contributed by atoms with Crippen molar-refractivity contribution < 1.29 is 9.13 Å². The summed E-state index contributed by atoms with van der Waals surface area (Å²) >= 11 is 0. The quantitative estimate of drug-likeness (QED) is 0.541. The zero-order valence-corrected chi connectivity index (χ0v) is 13.6. The monoisotopic (exact) mass is 318 g/mol. The van der Waals surface area contributed by atoms with Crippen LogP contribution in [0.4, 0.5) is 4.39 Å². The Labute approximate surface area is 136 Å². The van der Waals surface area contributed by atoms with Gasteiger partial charge in [-0.3, -0.25) is 4.99 Å². The van der Waals surface area contributed by atoms with Crippen LogP contribution < -0.4 is 11.1 Å². The van der Waals surface area contributed by atoms with Gasteiger partial charge in [-0.25, -0.2) is 4.39 Å². The molecule has 0 fully saturated rings. The molecule has 1 atom stereocenters. The van der Waals surface area contributed by atoms with Gasteiger partial charge in [0.1, 0.15) is 12.4 Å². The van der Waals surface area contributed by atoms with Crippen LogP contribution in [0, 0.1) is 17.1 Å². The molecule has 5 nitrogen and oxygen atoms in total. The SMILES string of the molecule is CCC(CCNC)N=C/C=C(\N)OCc1ccc(C#N)cc1F. The number of benzene rings is 1. The molecule has 1 aromatic rings. The van der Waals surface area contributed by atoms with Crippen LogP contribution in [-0.4, -0.2) is 25.8 Å². The number of hydrogen-bond donors (Lipinski definition) is 2. The van der Waals surface area contributed by atoms with Crippen molar-refractivity contribution in [1.29, 1.82) is 5.26 Å². The number of nitrogens with two attached hydrogens (primary N) is 1. The summed E-state index contributed by atoms with van der Waals surface area (Å²) in [6.07, 6.45) is 5.08. The Balaban J connectivity index is 2.52. The number of hydrogen-bond acceptors (Lipinski definition) is 5. The summed E-state index contributed by atoms with van der Waals surface area (Å²) in [5.41, 5.74) is 6.33. The van der Waals surface area contributed by atoms with Crippen molar-refractivity contribution in [3.8, 4) is 6.07 Å². The highest BCUT2D eigenvalue weighted by atomic mass is 19.1. The Kier molecular flexibility index (Phi) is 8.40. The van der Waals surface area contributed by atoms with E-state index < -0.39 is 5.82 Å². The zero-order chi connectivity index (χ0) is 17.1. The van der Waals surface area contributed by atoms with Gasteiger partial charge in [0, 0.05) is 17.9 Å². The number of halogens is 1. The molecule has 6 heteroatoms. The van der Waals surface area contributed by atoms with Crippen LogP contribution in [0.2, 0.25) is 0 Å². The summed E-state index contributed by atoms with van der Waals surface area (Å²) < 4.78 is 19.0. The van der Waals surface area contributed by atoms with Crippen LogP contribution in [0.15, 0.2) is 35.2 Å². The van der Waals surface area contributed by atoms with E-state index in [-0.39, 0.29) is 24.1 Å². The minimum absolute atomic E-state index is 0.00464. The van der Waals surface area contributed by atoms with Crippen LogP contribution in [0.25, 0.3) is 0 Å². The van der Waals surface area contributed by atoms with Crippen LogP contribution >= 0.6 is 0 Å². The van der Waals surface area contributed by atoms with E-state index in [0.29, 0.717) is 5.56 Å². The van der Waals surface area contributed by atoms with E-state index in [4.69, 9.17) is 15.7 Å². The van der Waals surface area contributed by atoms with Crippen molar-refractivity contribution in [3.63, 3.8) is 0 Å². The first-order chi connectivity index (χ1) is 11.1. The van der Waals surface area contributed by atoms with Crippen LogP contribution in [0.5, 0.6) is 0 Å². The minimum atomic E-state index is -0.483. The maximum Gasteiger partial charge on any atom is 0.185 e. The fourth-order valence-electron chi connectivity index (χ4n) is 1.88. The summed E-state index contributed by atoms with van der Waals surface area (Å²) in [6.45, 7) is 2.99. The first-order valence-electron chi connectivity index (χ1n) is 7.55. The minimum Gasteiger partial charge on any atom is -0.474 e. The van der Waals surface area contributed by atoms with Gasteiger partial charge in [-0.05, 0) is 38.6 Å². The van der Waals surface area contributed by atoms with Gasteiger partial charge in [0.2, 0.25) is 0 Å². The predicted octanol–water partition coefficient (Wildman–Crippen LogP) is 2.47. The van der Waals surface area contributed by atoms with Gasteiger partial charge in [0.05, 0.1) is 17.7 Å². The molecule has 3 N–H and O–H groups in total. The topological polar surface area (TPSA) is 83.4 Å². The molecule has 0 aliphatic rings. The molecule has 0 aliphatic carbocycles. The molecule has 0 aromatic heterocycles. The third-order valence-corrected chi connectivity index (χ3v) is 3.31. The van der Waals surface area contributed by atoms with E-state index in [1.807, 2.05) is 13.1 Å². The van der Waals surface area contributed by atoms with Crippen molar-refractivity contribution in [2.75, 3.05) is 13.6 Å². The highest BCUT2D eigenvalue weighted by molar-refractivity contribution is 5.71. The number of allylic oxidation sites excluding steroid dienone is 1. The van der Waals surface area contributed by atoms with E-state index in [2.05, 4.69) is 17.2 Å². The van der Waals surface area contributed by atoms with Gasteiger partial charge in [0.25, 0.3) is 0 Å². The second-order valence-electron chi connectivity index (χ2n) is 5.03. The zero-order valence-electron chi connectivity index (χ0n) is 13.6. The lowest BCUT2D eigenvalue weighted by Gasteiger charge is -2.08. The van der Waals surface area contributed by atoms with Crippen molar-refractivity contribution in [3.05, 3.63) is 47.1 Å². The molecule has 0 bridgehead atoms. The van der Waals surface area contributed by atoms with Crippen LogP contribution in [0.3, 0.4) is 0 Å². The number of ether oxygens (including phenoxy) is 1. The molecule has 124 valence electrons. The first-order valence-corrected chi connectivity index (χ1v) is 7.55. The summed E-state index contributed by atoms with van der Waals surface area (Å²) in [7, 11) is 1.91. The van der Waals surface area contributed by atoms with E-state index in [0.717, 1.165) is 19.4 Å². The molecular weight excluding hydrogens is 295 g/mol. The van der Waals surface area contributed by atoms with E-state index in [9.17, 15) is 4.39 Å². The van der Waals surface area contributed by atoms with Gasteiger partial charge >= 0.3 is 0 Å². The second kappa shape index (κ2) is 10.4. The van der Waals surface area contributed by atoms with Gasteiger partial charge < -0.3 is 15.8 Å². The van der Waals surface area contributed by atoms with Crippen molar-refractivity contribution in [2.45, 2.75) is 32.4 Å². The molecule has 0 heterocycles. The Hall–Kier alpha value is -2.39. The molecule has 1 aromatic carbocycles. The second-order valence-corrected chi connectivity index (χ2v) is 5.03. The lowest BCUT2D eigenvalue weighted by atomic mass is 10.1. The number of nitrogens with zero attached hydrogens (tertiary/aromatic N) is 2. The van der Waals surface area contributed by atoms with Gasteiger partial charge in [-0.2, -0.15) is 5.26 Å². The molecule has 1 rings (SSSR count). The van der Waals surface area contributed by atoms with Crippen molar-refractivity contribution in [1.82, 2.24) is 5.32 Å². The summed E-state index contributed by atoms with van der Waals surface area (Å²) in [5.74, 6) is -0.315. The van der Waals surface area contributed by atoms with Gasteiger partial charge in [-0.15, -0.1) is 0 Å². The summed E-state index contributed by atoms with van der Waals surface area (Å²) in [4.78, 5) is 4.40. The predicted molar refractivity (Wildman–Crippen MR) is 89.3 cm³/mol. The fourth-order valence-corrected chi connectivity index (χ4v) is 1.88. The Morgan fingerprint density at radius 1 is 1.57 bits per heavy atom. The van der Waals surface area contributed by atoms with Gasteiger partial charge in [0.15, 0.2) is 5.88 Å². The summed E-state index contributed by atoms with van der Waals surface area (Å²) in [5, 5.41) is 11.8. The number of aliphatic imine (C=N–C) groups is 1. The average molecular weight is 318 g/mol. The highest BCUT2D eigenvalue weighted by Gasteiger charge is 2.04. The van der Waals surface area contributed by atoms with Crippen molar-refractivity contribution >= 4 is 6.21 Å². The Bertz CT molecular complexity index is 593. The molecule has 0 saturated heterocycles. The van der Waals surface area contributed by atoms with Crippen molar-refractivity contribution in [2.24, 2.45) is 10.7 Å². The number of nitrogens with one attached hydrogen (secondary N) is 1. The highest BCUT2D eigenvalue weighted by Crippen LogP contribution is 2.12. The van der Waals surface area contributed by atoms with Gasteiger partial charge in [-0.1, -0.05) is 13.0 Å². The number of nitriles is 1. The van der Waals surface area contributed by atoms with E-state index >= 15 is 0 Å². The standard InChI is InChI=1S/C17H23FN4O/c1-3-15(6-8-21-2)22-9-7-17(20)23-12-14-5-4-13(11-19)10-16(14)18/h4-5,7,9-10,15,21H,3,6,8,12,20H2,1-2H3/b17-7+,22-9?. The van der Waals surface area contributed by atoms with Crippen LogP contribution in [-0.2, 0) is 11.3 Å². The number of rotatable bonds is 9. The third-order valence-electron chi connectivity index (χ3n) is 3.31. The van der Waals surface area contributed by atoms with E-state index in [1.54, 1.807) is 12.3 Å². The first kappa shape index (κ1) is 18.7. The Morgan fingerprint density at radius 2 is 2.35 bits per heavy atom. The third kappa shape index (κ3) is 6.94. The summed E-state index contributed by atoms with van der Waals surface area (Å²) in [6, 6.07) is 6.34. The normalized spacial score (nSPS) is 13.0. The molecular formula is C17H23FN4O. The largest absolute Gasteiger partial charge is 0.474 e. The lowest BCUT2D eigenvalue weighted by molar-refractivity contribution is 0.193. The van der Waals surface area contributed by atoms with Crippen LogP contribution in [0.1, 0.15) is 30.9 Å². The molecule has 1 unspecified atom stereocenters. The maximum atomic E-state index is 13.7.